The summed E-state index contributed by atoms with van der Waals surface area (Å²) in [5, 5.41) is 13.2. The highest BCUT2D eigenvalue weighted by Gasteiger charge is 2.12. The van der Waals surface area contributed by atoms with Crippen LogP contribution in [0.1, 0.15) is 10.6 Å². The van der Waals surface area contributed by atoms with Crippen LogP contribution < -0.4 is 0 Å². The summed E-state index contributed by atoms with van der Waals surface area (Å²) in [7, 11) is 0. The van der Waals surface area contributed by atoms with Gasteiger partial charge in [0.05, 0.1) is 0 Å². The molecule has 4 nitrogen and oxygen atoms in total. The van der Waals surface area contributed by atoms with Gasteiger partial charge in [-0.25, -0.2) is 9.78 Å². The molecule has 0 saturated heterocycles. The van der Waals surface area contributed by atoms with Crippen molar-refractivity contribution >= 4 is 39.2 Å². The molecule has 3 rings (SSSR count). The van der Waals surface area contributed by atoms with E-state index in [1.54, 1.807) is 23.6 Å². The number of rotatable bonds is 3. The predicted molar refractivity (Wildman–Crippen MR) is 69.4 cm³/mol. The first-order valence-electron chi connectivity index (χ1n) is 5.07. The lowest BCUT2D eigenvalue weighted by atomic mass is 10.3. The van der Waals surface area contributed by atoms with Gasteiger partial charge in [0.15, 0.2) is 5.09 Å². The average Bonchev–Trinajstić information content (AvgIpc) is 2.97. The Morgan fingerprint density at radius 2 is 2.22 bits per heavy atom. The lowest BCUT2D eigenvalue weighted by Gasteiger charge is -1.98. The summed E-state index contributed by atoms with van der Waals surface area (Å²) in [4.78, 5) is 15.0. The number of pyridine rings is 1. The molecule has 0 aliphatic heterocycles. The first kappa shape index (κ1) is 11.3. The third-order valence-electron chi connectivity index (χ3n) is 2.33. The number of hydrogen-bond donors (Lipinski definition) is 1. The molecular weight excluding hydrogens is 270 g/mol. The maximum atomic E-state index is 10.7. The van der Waals surface area contributed by atoms with Gasteiger partial charge >= 0.3 is 5.97 Å². The van der Waals surface area contributed by atoms with Crippen LogP contribution in [0.25, 0.3) is 10.1 Å². The van der Waals surface area contributed by atoms with Crippen molar-refractivity contribution in [2.45, 2.75) is 10.1 Å². The van der Waals surface area contributed by atoms with E-state index in [4.69, 9.17) is 9.52 Å². The number of carboxylic acids is 1. The van der Waals surface area contributed by atoms with Crippen LogP contribution >= 0.6 is 23.1 Å². The van der Waals surface area contributed by atoms with Gasteiger partial charge in [0, 0.05) is 16.3 Å². The Labute approximate surface area is 110 Å². The molecule has 0 bridgehead atoms. The van der Waals surface area contributed by atoms with Gasteiger partial charge in [0.25, 0.3) is 0 Å². The van der Waals surface area contributed by atoms with E-state index in [1.807, 2.05) is 17.5 Å². The molecule has 3 heterocycles. The molecular formula is C12H7NO3S2. The Morgan fingerprint density at radius 3 is 3.00 bits per heavy atom. The summed E-state index contributed by atoms with van der Waals surface area (Å²) in [6.07, 6.45) is 1.74. The zero-order chi connectivity index (χ0) is 12.5. The minimum Gasteiger partial charge on any atom is -0.475 e. The van der Waals surface area contributed by atoms with Crippen molar-refractivity contribution in [3.05, 3.63) is 41.6 Å². The molecule has 90 valence electrons. The van der Waals surface area contributed by atoms with E-state index in [0.29, 0.717) is 5.09 Å². The van der Waals surface area contributed by atoms with E-state index in [9.17, 15) is 4.79 Å². The topological polar surface area (TPSA) is 63.3 Å². The van der Waals surface area contributed by atoms with Crippen LogP contribution in [0.15, 0.2) is 50.4 Å². The lowest BCUT2D eigenvalue weighted by molar-refractivity contribution is 0.0656. The van der Waals surface area contributed by atoms with Crippen molar-refractivity contribution in [2.24, 2.45) is 0 Å². The van der Waals surface area contributed by atoms with Crippen molar-refractivity contribution in [3.63, 3.8) is 0 Å². The smallest absolute Gasteiger partial charge is 0.371 e. The number of furan rings is 1. The highest BCUT2D eigenvalue weighted by Crippen LogP contribution is 2.34. The number of aromatic carboxylic acids is 1. The zero-order valence-corrected chi connectivity index (χ0v) is 10.6. The minimum absolute atomic E-state index is 0.0602. The highest BCUT2D eigenvalue weighted by molar-refractivity contribution is 7.99. The Bertz CT molecular complexity index is 717. The Kier molecular flexibility index (Phi) is 2.81. The van der Waals surface area contributed by atoms with Crippen LogP contribution in [-0.4, -0.2) is 16.1 Å². The van der Waals surface area contributed by atoms with E-state index < -0.39 is 5.97 Å². The molecule has 0 radical (unpaired) electrons. The van der Waals surface area contributed by atoms with Crippen LogP contribution in [0.4, 0.5) is 0 Å². The van der Waals surface area contributed by atoms with E-state index in [2.05, 4.69) is 4.98 Å². The van der Waals surface area contributed by atoms with Gasteiger partial charge in [-0.1, -0.05) is 0 Å². The third-order valence-corrected chi connectivity index (χ3v) is 4.15. The number of carbonyl (C=O) groups is 1. The van der Waals surface area contributed by atoms with Gasteiger partial charge in [-0.05, 0) is 41.4 Å². The van der Waals surface area contributed by atoms with Crippen molar-refractivity contribution in [3.8, 4) is 0 Å². The fourth-order valence-electron chi connectivity index (χ4n) is 1.54. The van der Waals surface area contributed by atoms with Crippen molar-refractivity contribution in [1.82, 2.24) is 4.98 Å². The van der Waals surface area contributed by atoms with Gasteiger partial charge in [-0.15, -0.1) is 11.3 Å². The van der Waals surface area contributed by atoms with Gasteiger partial charge in [0.2, 0.25) is 5.76 Å². The first-order chi connectivity index (χ1) is 8.74. The minimum atomic E-state index is -1.07. The molecule has 6 heteroatoms. The van der Waals surface area contributed by atoms with Gasteiger partial charge in [0.1, 0.15) is 5.03 Å². The summed E-state index contributed by atoms with van der Waals surface area (Å²) in [5.41, 5.74) is 0. The van der Waals surface area contributed by atoms with E-state index in [-0.39, 0.29) is 5.76 Å². The van der Waals surface area contributed by atoms with Crippen LogP contribution in [0, 0.1) is 0 Å². The molecule has 3 aromatic rings. The van der Waals surface area contributed by atoms with Crippen LogP contribution in [-0.2, 0) is 0 Å². The number of thiophene rings is 1. The number of carboxylic acid groups (broad SMARTS) is 1. The van der Waals surface area contributed by atoms with Crippen molar-refractivity contribution in [1.29, 1.82) is 0 Å². The second-order valence-corrected chi connectivity index (χ2v) is 5.42. The van der Waals surface area contributed by atoms with Gasteiger partial charge in [-0.2, -0.15) is 0 Å². The number of hydrogen-bond acceptors (Lipinski definition) is 5. The highest BCUT2D eigenvalue weighted by atomic mass is 32.2. The SMILES string of the molecule is O=C(O)c1ccc(Sc2nccc3sccc23)o1. The molecule has 0 unspecified atom stereocenters. The van der Waals surface area contributed by atoms with E-state index in [1.165, 1.54) is 17.8 Å². The number of fused-ring (bicyclic) bond motifs is 1. The summed E-state index contributed by atoms with van der Waals surface area (Å²) in [6.45, 7) is 0. The summed E-state index contributed by atoms with van der Waals surface area (Å²) in [5.74, 6) is -1.13. The van der Waals surface area contributed by atoms with E-state index >= 15 is 0 Å². The average molecular weight is 277 g/mol. The molecule has 0 aliphatic carbocycles. The molecule has 0 amide bonds. The van der Waals surface area contributed by atoms with Gasteiger partial charge in [-0.3, -0.25) is 0 Å². The predicted octanol–water partition coefficient (Wildman–Crippen LogP) is 3.74. The fraction of sp³-hybridized carbons (Fsp3) is 0. The summed E-state index contributed by atoms with van der Waals surface area (Å²) < 4.78 is 6.35. The summed E-state index contributed by atoms with van der Waals surface area (Å²) in [6, 6.07) is 7.03. The zero-order valence-electron chi connectivity index (χ0n) is 8.99. The Balaban J connectivity index is 1.96. The molecule has 0 atom stereocenters. The monoisotopic (exact) mass is 277 g/mol. The van der Waals surface area contributed by atoms with Gasteiger partial charge < -0.3 is 9.52 Å². The molecule has 1 N–H and O–H groups in total. The maximum absolute atomic E-state index is 10.7. The van der Waals surface area contributed by atoms with Crippen LogP contribution in [0.3, 0.4) is 0 Å². The molecule has 0 fully saturated rings. The van der Waals surface area contributed by atoms with Crippen LogP contribution in [0.2, 0.25) is 0 Å². The standard InChI is InChI=1S/C12H7NO3S2/c14-12(15)8-1-2-10(16-8)18-11-7-4-6-17-9(7)3-5-13-11/h1-6H,(H,14,15). The quantitative estimate of drug-likeness (QED) is 0.790. The molecule has 0 aliphatic rings. The Hall–Kier alpha value is -1.79. The molecule has 18 heavy (non-hydrogen) atoms. The lowest BCUT2D eigenvalue weighted by Crippen LogP contribution is -1.91. The normalized spacial score (nSPS) is 10.9. The molecule has 3 aromatic heterocycles. The second kappa shape index (κ2) is 4.47. The first-order valence-corrected chi connectivity index (χ1v) is 6.77. The van der Waals surface area contributed by atoms with E-state index in [0.717, 1.165) is 15.1 Å². The largest absolute Gasteiger partial charge is 0.475 e. The fourth-order valence-corrected chi connectivity index (χ4v) is 3.24. The molecule has 0 aromatic carbocycles. The van der Waals surface area contributed by atoms with Crippen molar-refractivity contribution in [2.75, 3.05) is 0 Å². The van der Waals surface area contributed by atoms with Crippen molar-refractivity contribution < 1.29 is 14.3 Å². The number of aromatic nitrogens is 1. The molecule has 0 spiro atoms. The summed E-state index contributed by atoms with van der Waals surface area (Å²) >= 11 is 2.97. The number of nitrogens with zero attached hydrogens (tertiary/aromatic N) is 1. The second-order valence-electron chi connectivity index (χ2n) is 3.47. The maximum Gasteiger partial charge on any atom is 0.371 e. The third kappa shape index (κ3) is 2.00. The Morgan fingerprint density at radius 1 is 1.33 bits per heavy atom. The van der Waals surface area contributed by atoms with Crippen LogP contribution in [0.5, 0.6) is 0 Å². The molecule has 0 saturated carbocycles.